The van der Waals surface area contributed by atoms with Crippen LogP contribution in [0, 0.1) is 10.1 Å². The summed E-state index contributed by atoms with van der Waals surface area (Å²) in [7, 11) is 0. The number of hydrogen-bond donors (Lipinski definition) is 2. The van der Waals surface area contributed by atoms with Gasteiger partial charge in [-0.3, -0.25) is 10.1 Å². The third-order valence-electron chi connectivity index (χ3n) is 4.33. The fourth-order valence-electron chi connectivity index (χ4n) is 2.96. The molecule has 136 valence electrons. The summed E-state index contributed by atoms with van der Waals surface area (Å²) in [4.78, 5) is 15.3. The summed E-state index contributed by atoms with van der Waals surface area (Å²) in [5.74, 6) is 0.660. The highest BCUT2D eigenvalue weighted by atomic mass is 79.9. The van der Waals surface area contributed by atoms with Crippen molar-refractivity contribution < 1.29 is 4.92 Å². The quantitative estimate of drug-likeness (QED) is 0.295. The molecule has 0 spiro atoms. The first kappa shape index (κ1) is 18.4. The number of hydrogen-bond acceptors (Lipinski definition) is 3. The van der Waals surface area contributed by atoms with Crippen molar-refractivity contribution in [3.8, 4) is 0 Å². The molecule has 0 atom stereocenters. The lowest BCUT2D eigenvalue weighted by Crippen LogP contribution is -2.25. The molecule has 0 amide bonds. The second-order valence-electron chi connectivity index (χ2n) is 6.33. The van der Waals surface area contributed by atoms with Crippen molar-refractivity contribution in [3.63, 3.8) is 0 Å². The molecule has 0 aromatic heterocycles. The molecule has 0 saturated heterocycles. The van der Waals surface area contributed by atoms with Crippen LogP contribution in [0.25, 0.3) is 0 Å². The number of halogens is 1. The molecule has 2 N–H and O–H groups in total. The highest BCUT2D eigenvalue weighted by molar-refractivity contribution is 9.10. The summed E-state index contributed by atoms with van der Waals surface area (Å²) in [6.45, 7) is 0. The Kier molecular flexibility index (Phi) is 6.22. The smallest absolute Gasteiger partial charge is 0.269 e. The van der Waals surface area contributed by atoms with Gasteiger partial charge in [0.05, 0.1) is 11.0 Å². The number of rotatable bonds is 4. The first-order valence-electron chi connectivity index (χ1n) is 8.72. The normalized spacial score (nSPS) is 15.5. The molecule has 2 aromatic carbocycles. The van der Waals surface area contributed by atoms with Crippen LogP contribution in [-0.2, 0) is 0 Å². The van der Waals surface area contributed by atoms with E-state index in [4.69, 9.17) is 4.99 Å². The Morgan fingerprint density at radius 3 is 2.04 bits per heavy atom. The van der Waals surface area contributed by atoms with E-state index in [1.54, 1.807) is 12.1 Å². The van der Waals surface area contributed by atoms with Crippen molar-refractivity contribution in [2.45, 2.75) is 38.1 Å². The molecule has 0 radical (unpaired) electrons. The third kappa shape index (κ3) is 5.29. The number of nitrogens with one attached hydrogen (secondary N) is 2. The Balaban J connectivity index is 1.78. The Bertz CT molecular complexity index is 769. The van der Waals surface area contributed by atoms with Gasteiger partial charge in [-0.2, -0.15) is 0 Å². The van der Waals surface area contributed by atoms with Crippen molar-refractivity contribution in [2.75, 3.05) is 10.6 Å². The van der Waals surface area contributed by atoms with E-state index in [0.717, 1.165) is 28.7 Å². The first-order chi connectivity index (χ1) is 12.6. The number of aliphatic imine (C=N–C) groups is 1. The minimum atomic E-state index is -0.402. The van der Waals surface area contributed by atoms with E-state index in [1.165, 1.54) is 31.4 Å². The van der Waals surface area contributed by atoms with Crippen LogP contribution in [0.3, 0.4) is 0 Å². The van der Waals surface area contributed by atoms with Gasteiger partial charge in [0.15, 0.2) is 0 Å². The van der Waals surface area contributed by atoms with Gasteiger partial charge in [-0.05, 0) is 49.2 Å². The largest absolute Gasteiger partial charge is 0.326 e. The Morgan fingerprint density at radius 1 is 0.962 bits per heavy atom. The number of benzene rings is 2. The van der Waals surface area contributed by atoms with E-state index < -0.39 is 4.92 Å². The number of nitro benzene ring substituents is 1. The van der Waals surface area contributed by atoms with Crippen molar-refractivity contribution >= 4 is 39.0 Å². The Morgan fingerprint density at radius 2 is 1.50 bits per heavy atom. The molecular weight excluding hydrogens is 396 g/mol. The van der Waals surface area contributed by atoms with E-state index in [0.29, 0.717) is 12.0 Å². The maximum Gasteiger partial charge on any atom is 0.269 e. The highest BCUT2D eigenvalue weighted by Gasteiger charge is 2.14. The van der Waals surface area contributed by atoms with E-state index in [2.05, 4.69) is 26.6 Å². The monoisotopic (exact) mass is 416 g/mol. The molecule has 1 fully saturated rings. The van der Waals surface area contributed by atoms with Gasteiger partial charge >= 0.3 is 0 Å². The Labute approximate surface area is 161 Å². The van der Waals surface area contributed by atoms with Gasteiger partial charge in [0.2, 0.25) is 5.96 Å². The maximum atomic E-state index is 10.8. The van der Waals surface area contributed by atoms with Crippen LogP contribution in [0.2, 0.25) is 0 Å². The Hall–Kier alpha value is -2.41. The van der Waals surface area contributed by atoms with Gasteiger partial charge < -0.3 is 10.6 Å². The van der Waals surface area contributed by atoms with Crippen molar-refractivity contribution in [3.05, 3.63) is 63.1 Å². The van der Waals surface area contributed by atoms with E-state index in [-0.39, 0.29) is 5.69 Å². The summed E-state index contributed by atoms with van der Waals surface area (Å²) in [6, 6.07) is 14.5. The van der Waals surface area contributed by atoms with Gasteiger partial charge in [0.1, 0.15) is 0 Å². The lowest BCUT2D eigenvalue weighted by Gasteiger charge is -2.20. The van der Waals surface area contributed by atoms with Crippen LogP contribution >= 0.6 is 15.9 Å². The van der Waals surface area contributed by atoms with Crippen LogP contribution in [0.4, 0.5) is 17.1 Å². The lowest BCUT2D eigenvalue weighted by atomic mass is 9.96. The van der Waals surface area contributed by atoms with Gasteiger partial charge in [-0.1, -0.05) is 35.2 Å². The van der Waals surface area contributed by atoms with Gasteiger partial charge in [-0.25, -0.2) is 4.99 Å². The average molecular weight is 417 g/mol. The van der Waals surface area contributed by atoms with Crippen molar-refractivity contribution in [2.24, 2.45) is 4.99 Å². The molecule has 7 heteroatoms. The zero-order valence-corrected chi connectivity index (χ0v) is 15.9. The second-order valence-corrected chi connectivity index (χ2v) is 7.25. The topological polar surface area (TPSA) is 79.6 Å². The highest BCUT2D eigenvalue weighted by Crippen LogP contribution is 2.22. The molecule has 0 unspecified atom stereocenters. The van der Waals surface area contributed by atoms with E-state index >= 15 is 0 Å². The number of anilines is 2. The fraction of sp³-hybridized carbons (Fsp3) is 0.316. The predicted octanol–water partition coefficient (Wildman–Crippen LogP) is 5.57. The standard InChI is InChI=1S/C19H21BrN4O2/c20-14-6-8-16(9-7-14)22-19(21-15-4-2-1-3-5-15)23-17-10-12-18(13-11-17)24(25)26/h6-13,15H,1-5H2,(H2,21,22,23). The zero-order chi connectivity index (χ0) is 18.4. The minimum Gasteiger partial charge on any atom is -0.326 e. The van der Waals surface area contributed by atoms with Gasteiger partial charge in [0.25, 0.3) is 5.69 Å². The summed E-state index contributed by atoms with van der Waals surface area (Å²) in [6.07, 6.45) is 5.87. The van der Waals surface area contributed by atoms with Crippen LogP contribution in [0.15, 0.2) is 58.0 Å². The molecule has 1 aliphatic carbocycles. The summed E-state index contributed by atoms with van der Waals surface area (Å²) >= 11 is 3.43. The minimum absolute atomic E-state index is 0.0715. The molecule has 3 rings (SSSR count). The van der Waals surface area contributed by atoms with Gasteiger partial charge in [-0.15, -0.1) is 0 Å². The van der Waals surface area contributed by atoms with Crippen LogP contribution < -0.4 is 10.6 Å². The summed E-state index contributed by atoms with van der Waals surface area (Å²) in [5, 5.41) is 17.4. The average Bonchev–Trinajstić information content (AvgIpc) is 2.65. The number of nitro groups is 1. The molecule has 26 heavy (non-hydrogen) atoms. The summed E-state index contributed by atoms with van der Waals surface area (Å²) < 4.78 is 1.01. The molecule has 1 saturated carbocycles. The number of guanidine groups is 1. The third-order valence-corrected chi connectivity index (χ3v) is 4.86. The molecule has 0 bridgehead atoms. The van der Waals surface area contributed by atoms with E-state index in [9.17, 15) is 10.1 Å². The van der Waals surface area contributed by atoms with E-state index in [1.807, 2.05) is 24.3 Å². The molecule has 0 heterocycles. The molecule has 2 aromatic rings. The SMILES string of the molecule is O=[N+]([O-])c1ccc(NC(=NC2CCCCC2)Nc2ccc(Br)cc2)cc1. The molecule has 6 nitrogen and oxygen atoms in total. The van der Waals surface area contributed by atoms with Crippen LogP contribution in [0.1, 0.15) is 32.1 Å². The molecule has 0 aliphatic heterocycles. The number of non-ortho nitro benzene ring substituents is 1. The van der Waals surface area contributed by atoms with Crippen molar-refractivity contribution in [1.29, 1.82) is 0 Å². The molecular formula is C19H21BrN4O2. The van der Waals surface area contributed by atoms with Crippen molar-refractivity contribution in [1.82, 2.24) is 0 Å². The van der Waals surface area contributed by atoms with Crippen LogP contribution in [-0.4, -0.2) is 16.9 Å². The number of nitrogens with zero attached hydrogens (tertiary/aromatic N) is 2. The predicted molar refractivity (Wildman–Crippen MR) is 109 cm³/mol. The molecule has 1 aliphatic rings. The maximum absolute atomic E-state index is 10.8. The fourth-order valence-corrected chi connectivity index (χ4v) is 3.23. The zero-order valence-electron chi connectivity index (χ0n) is 14.3. The second kappa shape index (κ2) is 8.80. The van der Waals surface area contributed by atoms with Crippen LogP contribution in [0.5, 0.6) is 0 Å². The summed E-state index contributed by atoms with van der Waals surface area (Å²) in [5.41, 5.74) is 1.76. The lowest BCUT2D eigenvalue weighted by molar-refractivity contribution is -0.384. The van der Waals surface area contributed by atoms with Gasteiger partial charge in [0, 0.05) is 28.0 Å². The first-order valence-corrected chi connectivity index (χ1v) is 9.51.